The van der Waals surface area contributed by atoms with Crippen molar-refractivity contribution in [2.24, 2.45) is 0 Å². The molecule has 0 heterocycles. The molecule has 0 radical (unpaired) electrons. The van der Waals surface area contributed by atoms with Crippen LogP contribution in [0.1, 0.15) is 24.1 Å². The van der Waals surface area contributed by atoms with E-state index in [0.717, 1.165) is 16.8 Å². The number of anilines is 1. The fourth-order valence-corrected chi connectivity index (χ4v) is 2.15. The number of carbonyl (C=O) groups is 1. The fourth-order valence-electron chi connectivity index (χ4n) is 2.02. The maximum absolute atomic E-state index is 12.0. The second-order valence-electron chi connectivity index (χ2n) is 5.02. The van der Waals surface area contributed by atoms with E-state index < -0.39 is 0 Å². The molecule has 0 aliphatic rings. The Morgan fingerprint density at radius 1 is 1.14 bits per heavy atom. The average molecular weight is 303 g/mol. The molecule has 2 rings (SSSR count). The van der Waals surface area contributed by atoms with Crippen LogP contribution in [0.2, 0.25) is 5.02 Å². The number of aryl methyl sites for hydroxylation is 1. The lowest BCUT2D eigenvalue weighted by molar-refractivity contribution is -0.115. The zero-order valence-corrected chi connectivity index (χ0v) is 12.9. The summed E-state index contributed by atoms with van der Waals surface area (Å²) >= 11 is 5.86. The summed E-state index contributed by atoms with van der Waals surface area (Å²) in [5.41, 5.74) is 3.00. The van der Waals surface area contributed by atoms with Crippen molar-refractivity contribution >= 4 is 23.2 Å². The third-order valence-corrected chi connectivity index (χ3v) is 3.61. The van der Waals surface area contributed by atoms with Crippen molar-refractivity contribution in [1.82, 2.24) is 5.32 Å². The highest BCUT2D eigenvalue weighted by Gasteiger charge is 2.08. The molecule has 0 spiro atoms. The lowest BCUT2D eigenvalue weighted by Gasteiger charge is -2.15. The summed E-state index contributed by atoms with van der Waals surface area (Å²) in [6.07, 6.45) is 0. The third kappa shape index (κ3) is 4.59. The van der Waals surface area contributed by atoms with Crippen molar-refractivity contribution in [2.45, 2.75) is 19.9 Å². The smallest absolute Gasteiger partial charge is 0.238 e. The summed E-state index contributed by atoms with van der Waals surface area (Å²) in [4.78, 5) is 12.0. The SMILES string of the molecule is Cc1ccccc1NC(=O)CNC(C)c1ccc(Cl)cc1. The molecule has 0 saturated heterocycles. The molecule has 2 aromatic rings. The Morgan fingerprint density at radius 2 is 1.81 bits per heavy atom. The van der Waals surface area contributed by atoms with Gasteiger partial charge in [-0.1, -0.05) is 41.9 Å². The fraction of sp³-hybridized carbons (Fsp3) is 0.235. The highest BCUT2D eigenvalue weighted by atomic mass is 35.5. The molecule has 0 saturated carbocycles. The lowest BCUT2D eigenvalue weighted by Crippen LogP contribution is -2.30. The highest BCUT2D eigenvalue weighted by molar-refractivity contribution is 6.30. The van der Waals surface area contributed by atoms with Gasteiger partial charge in [-0.25, -0.2) is 0 Å². The molecule has 21 heavy (non-hydrogen) atoms. The van der Waals surface area contributed by atoms with E-state index in [4.69, 9.17) is 11.6 Å². The quantitative estimate of drug-likeness (QED) is 0.878. The second kappa shape index (κ2) is 7.25. The summed E-state index contributed by atoms with van der Waals surface area (Å²) in [6.45, 7) is 4.25. The van der Waals surface area contributed by atoms with Gasteiger partial charge in [-0.15, -0.1) is 0 Å². The molecule has 2 N–H and O–H groups in total. The maximum Gasteiger partial charge on any atom is 0.238 e. The van der Waals surface area contributed by atoms with E-state index in [1.54, 1.807) is 0 Å². The number of carbonyl (C=O) groups excluding carboxylic acids is 1. The van der Waals surface area contributed by atoms with Crippen molar-refractivity contribution in [3.8, 4) is 0 Å². The first kappa shape index (κ1) is 15.5. The highest BCUT2D eigenvalue weighted by Crippen LogP contribution is 2.16. The van der Waals surface area contributed by atoms with Gasteiger partial charge in [0.15, 0.2) is 0 Å². The van der Waals surface area contributed by atoms with E-state index in [2.05, 4.69) is 10.6 Å². The molecule has 0 bridgehead atoms. The summed E-state index contributed by atoms with van der Waals surface area (Å²) in [5, 5.41) is 6.82. The molecule has 0 aliphatic carbocycles. The molecular weight excluding hydrogens is 284 g/mol. The van der Waals surface area contributed by atoms with E-state index in [1.807, 2.05) is 62.4 Å². The zero-order chi connectivity index (χ0) is 15.2. The number of hydrogen-bond donors (Lipinski definition) is 2. The van der Waals surface area contributed by atoms with Crippen LogP contribution < -0.4 is 10.6 Å². The van der Waals surface area contributed by atoms with Crippen LogP contribution in [0.3, 0.4) is 0 Å². The molecule has 0 aliphatic heterocycles. The first-order chi connectivity index (χ1) is 10.1. The molecule has 110 valence electrons. The van der Waals surface area contributed by atoms with Crippen molar-refractivity contribution < 1.29 is 4.79 Å². The number of hydrogen-bond acceptors (Lipinski definition) is 2. The van der Waals surface area contributed by atoms with Crippen LogP contribution in [0, 0.1) is 6.92 Å². The number of amides is 1. The van der Waals surface area contributed by atoms with E-state index >= 15 is 0 Å². The molecule has 0 aromatic heterocycles. The Labute approximate surface area is 130 Å². The standard InChI is InChI=1S/C17H19ClN2O/c1-12-5-3-4-6-16(12)20-17(21)11-19-13(2)14-7-9-15(18)10-8-14/h3-10,13,19H,11H2,1-2H3,(H,20,21). The van der Waals surface area contributed by atoms with Crippen molar-refractivity contribution in [3.05, 3.63) is 64.7 Å². The molecule has 3 nitrogen and oxygen atoms in total. The number of rotatable bonds is 5. The number of halogens is 1. The van der Waals surface area contributed by atoms with Crippen molar-refractivity contribution in [1.29, 1.82) is 0 Å². The zero-order valence-electron chi connectivity index (χ0n) is 12.2. The molecule has 2 aromatic carbocycles. The summed E-state index contributed by atoms with van der Waals surface area (Å²) in [6, 6.07) is 15.4. The molecule has 4 heteroatoms. The predicted molar refractivity (Wildman–Crippen MR) is 87.7 cm³/mol. The van der Waals surface area contributed by atoms with Crippen LogP contribution in [0.25, 0.3) is 0 Å². The van der Waals surface area contributed by atoms with Gasteiger partial charge in [0.1, 0.15) is 0 Å². The lowest BCUT2D eigenvalue weighted by atomic mass is 10.1. The Balaban J connectivity index is 1.86. The van der Waals surface area contributed by atoms with Crippen LogP contribution in [0.15, 0.2) is 48.5 Å². The minimum Gasteiger partial charge on any atom is -0.325 e. The van der Waals surface area contributed by atoms with E-state index in [9.17, 15) is 4.79 Å². The Hall–Kier alpha value is -1.84. The minimum atomic E-state index is -0.0508. The van der Waals surface area contributed by atoms with Gasteiger partial charge in [-0.05, 0) is 43.2 Å². The summed E-state index contributed by atoms with van der Waals surface area (Å²) in [5.74, 6) is -0.0508. The number of benzene rings is 2. The largest absolute Gasteiger partial charge is 0.325 e. The Bertz CT molecular complexity index is 610. The van der Waals surface area contributed by atoms with Gasteiger partial charge in [0.25, 0.3) is 0 Å². The first-order valence-electron chi connectivity index (χ1n) is 6.90. The van der Waals surface area contributed by atoms with Crippen LogP contribution >= 0.6 is 11.6 Å². The summed E-state index contributed by atoms with van der Waals surface area (Å²) < 4.78 is 0. The maximum atomic E-state index is 12.0. The molecule has 1 unspecified atom stereocenters. The monoisotopic (exact) mass is 302 g/mol. The van der Waals surface area contributed by atoms with Gasteiger partial charge < -0.3 is 10.6 Å². The topological polar surface area (TPSA) is 41.1 Å². The molecule has 0 fully saturated rings. The van der Waals surface area contributed by atoms with Crippen LogP contribution in [0.4, 0.5) is 5.69 Å². The summed E-state index contributed by atoms with van der Waals surface area (Å²) in [7, 11) is 0. The third-order valence-electron chi connectivity index (χ3n) is 3.36. The van der Waals surface area contributed by atoms with Gasteiger partial charge in [0.2, 0.25) is 5.91 Å². The normalized spacial score (nSPS) is 12.0. The van der Waals surface area contributed by atoms with E-state index in [1.165, 1.54) is 0 Å². The Morgan fingerprint density at radius 3 is 2.48 bits per heavy atom. The molecule has 1 amide bonds. The van der Waals surface area contributed by atoms with Gasteiger partial charge in [-0.3, -0.25) is 4.79 Å². The van der Waals surface area contributed by atoms with Crippen LogP contribution in [0.5, 0.6) is 0 Å². The van der Waals surface area contributed by atoms with Crippen LogP contribution in [-0.2, 0) is 4.79 Å². The van der Waals surface area contributed by atoms with Crippen molar-refractivity contribution in [3.63, 3.8) is 0 Å². The van der Waals surface area contributed by atoms with Gasteiger partial charge in [-0.2, -0.15) is 0 Å². The van der Waals surface area contributed by atoms with Crippen LogP contribution in [-0.4, -0.2) is 12.5 Å². The molecular formula is C17H19ClN2O. The number of nitrogens with one attached hydrogen (secondary N) is 2. The average Bonchev–Trinajstić information content (AvgIpc) is 2.48. The van der Waals surface area contributed by atoms with E-state index in [-0.39, 0.29) is 18.5 Å². The second-order valence-corrected chi connectivity index (χ2v) is 5.45. The van der Waals surface area contributed by atoms with Crippen molar-refractivity contribution in [2.75, 3.05) is 11.9 Å². The first-order valence-corrected chi connectivity index (χ1v) is 7.28. The van der Waals surface area contributed by atoms with E-state index in [0.29, 0.717) is 5.02 Å². The number of para-hydroxylation sites is 1. The molecule has 1 atom stereocenters. The van der Waals surface area contributed by atoms with Gasteiger partial charge >= 0.3 is 0 Å². The van der Waals surface area contributed by atoms with Gasteiger partial charge in [0.05, 0.1) is 6.54 Å². The minimum absolute atomic E-state index is 0.0508. The predicted octanol–water partition coefficient (Wildman–Crippen LogP) is 3.94. The Kier molecular flexibility index (Phi) is 5.37. The van der Waals surface area contributed by atoms with Gasteiger partial charge in [0, 0.05) is 16.8 Å².